The molecule has 2 aromatic rings. The highest BCUT2D eigenvalue weighted by Gasteiger charge is 2.15. The minimum absolute atomic E-state index is 0.585. The largest absolute Gasteiger partial charge is 0.486 e. The summed E-state index contributed by atoms with van der Waals surface area (Å²) in [5.41, 5.74) is 3.15. The summed E-state index contributed by atoms with van der Waals surface area (Å²) in [6.45, 7) is 5.61. The molecule has 106 valence electrons. The Morgan fingerprint density at radius 1 is 1.15 bits per heavy atom. The highest BCUT2D eigenvalue weighted by Crippen LogP contribution is 2.36. The molecule has 0 saturated carbocycles. The maximum absolute atomic E-state index is 5.65. The second kappa shape index (κ2) is 5.19. The highest BCUT2D eigenvalue weighted by molar-refractivity contribution is 5.93. The predicted octanol–water partition coefficient (Wildman–Crippen LogP) is 3.25. The van der Waals surface area contributed by atoms with Gasteiger partial charge >= 0.3 is 0 Å². The van der Waals surface area contributed by atoms with Crippen LogP contribution in [0.5, 0.6) is 11.5 Å². The molecule has 0 atom stereocenters. The maximum atomic E-state index is 5.65. The standard InChI is InChI=1S/C16H20N2O2/c1-10(2)6-11-7-13(17-3)12-8-15-16(9-14(12)18-11)20-5-4-19-15/h7-10H,4-6H2,1-3H3,(H,17,18). The van der Waals surface area contributed by atoms with Gasteiger partial charge in [-0.15, -0.1) is 0 Å². The molecular formula is C16H20N2O2. The van der Waals surface area contributed by atoms with Crippen molar-refractivity contribution in [1.82, 2.24) is 4.98 Å². The monoisotopic (exact) mass is 272 g/mol. The highest BCUT2D eigenvalue weighted by atomic mass is 16.6. The lowest BCUT2D eigenvalue weighted by atomic mass is 10.0. The molecule has 1 aliphatic rings. The molecule has 1 aromatic carbocycles. The summed E-state index contributed by atoms with van der Waals surface area (Å²) in [6, 6.07) is 6.12. The molecule has 1 aromatic heterocycles. The van der Waals surface area contributed by atoms with Crippen LogP contribution in [0.1, 0.15) is 19.5 Å². The van der Waals surface area contributed by atoms with E-state index < -0.39 is 0 Å². The number of nitrogens with one attached hydrogen (secondary N) is 1. The lowest BCUT2D eigenvalue weighted by molar-refractivity contribution is 0.172. The Morgan fingerprint density at radius 2 is 1.85 bits per heavy atom. The summed E-state index contributed by atoms with van der Waals surface area (Å²) in [5.74, 6) is 2.18. The van der Waals surface area contributed by atoms with Crippen molar-refractivity contribution >= 4 is 16.6 Å². The van der Waals surface area contributed by atoms with E-state index in [9.17, 15) is 0 Å². The predicted molar refractivity (Wildman–Crippen MR) is 80.8 cm³/mol. The minimum Gasteiger partial charge on any atom is -0.486 e. The van der Waals surface area contributed by atoms with Crippen LogP contribution in [0.15, 0.2) is 18.2 Å². The number of rotatable bonds is 3. The average Bonchev–Trinajstić information content (AvgIpc) is 2.43. The normalized spacial score (nSPS) is 13.8. The Bertz CT molecular complexity index is 638. The molecule has 3 rings (SSSR count). The molecule has 20 heavy (non-hydrogen) atoms. The molecule has 0 aliphatic carbocycles. The van der Waals surface area contributed by atoms with Crippen LogP contribution in [0.3, 0.4) is 0 Å². The van der Waals surface area contributed by atoms with Gasteiger partial charge in [0.15, 0.2) is 11.5 Å². The Labute approximate surface area is 119 Å². The summed E-state index contributed by atoms with van der Waals surface area (Å²) < 4.78 is 11.3. The van der Waals surface area contributed by atoms with E-state index in [-0.39, 0.29) is 0 Å². The van der Waals surface area contributed by atoms with Gasteiger partial charge in [-0.2, -0.15) is 0 Å². The lowest BCUT2D eigenvalue weighted by Crippen LogP contribution is -2.15. The Morgan fingerprint density at radius 3 is 2.50 bits per heavy atom. The van der Waals surface area contributed by atoms with E-state index in [4.69, 9.17) is 14.5 Å². The fraction of sp³-hybridized carbons (Fsp3) is 0.438. The molecule has 2 heterocycles. The molecule has 0 fully saturated rings. The number of hydrogen-bond acceptors (Lipinski definition) is 4. The summed E-state index contributed by atoms with van der Waals surface area (Å²) in [6.07, 6.45) is 0.971. The van der Waals surface area contributed by atoms with Crippen molar-refractivity contribution < 1.29 is 9.47 Å². The SMILES string of the molecule is CNc1cc(CC(C)C)nc2cc3c(cc12)OCCO3. The number of anilines is 1. The second-order valence-electron chi connectivity index (χ2n) is 5.52. The van der Waals surface area contributed by atoms with Gasteiger partial charge in [-0.25, -0.2) is 0 Å². The first-order valence-electron chi connectivity index (χ1n) is 7.08. The van der Waals surface area contributed by atoms with Crippen LogP contribution >= 0.6 is 0 Å². The zero-order valence-corrected chi connectivity index (χ0v) is 12.2. The van der Waals surface area contributed by atoms with E-state index in [0.717, 1.165) is 40.2 Å². The van der Waals surface area contributed by atoms with Crippen molar-refractivity contribution in [3.05, 3.63) is 23.9 Å². The number of hydrogen-bond donors (Lipinski definition) is 1. The molecule has 0 amide bonds. The van der Waals surface area contributed by atoms with Crippen LogP contribution in [-0.4, -0.2) is 25.2 Å². The van der Waals surface area contributed by atoms with Crippen LogP contribution in [0, 0.1) is 5.92 Å². The molecule has 4 heteroatoms. The van der Waals surface area contributed by atoms with E-state index in [0.29, 0.717) is 19.1 Å². The van der Waals surface area contributed by atoms with Gasteiger partial charge in [-0.1, -0.05) is 13.8 Å². The van der Waals surface area contributed by atoms with E-state index >= 15 is 0 Å². The number of aromatic nitrogens is 1. The maximum Gasteiger partial charge on any atom is 0.163 e. The van der Waals surface area contributed by atoms with Gasteiger partial charge < -0.3 is 14.8 Å². The number of fused-ring (bicyclic) bond motifs is 2. The summed E-state index contributed by atoms with van der Waals surface area (Å²) in [7, 11) is 1.94. The van der Waals surface area contributed by atoms with Gasteiger partial charge in [-0.05, 0) is 24.5 Å². The topological polar surface area (TPSA) is 43.4 Å². The van der Waals surface area contributed by atoms with Gasteiger partial charge in [-0.3, -0.25) is 4.98 Å². The second-order valence-corrected chi connectivity index (χ2v) is 5.52. The molecule has 0 spiro atoms. The van der Waals surface area contributed by atoms with Crippen LogP contribution < -0.4 is 14.8 Å². The molecule has 1 N–H and O–H groups in total. The van der Waals surface area contributed by atoms with Crippen LogP contribution in [0.2, 0.25) is 0 Å². The summed E-state index contributed by atoms with van der Waals surface area (Å²) >= 11 is 0. The molecule has 0 radical (unpaired) electrons. The van der Waals surface area contributed by atoms with E-state index in [2.05, 4.69) is 25.2 Å². The fourth-order valence-corrected chi connectivity index (χ4v) is 2.55. The zero-order valence-electron chi connectivity index (χ0n) is 12.2. The molecule has 0 bridgehead atoms. The van der Waals surface area contributed by atoms with Crippen molar-refractivity contribution in [3.8, 4) is 11.5 Å². The fourth-order valence-electron chi connectivity index (χ4n) is 2.55. The molecule has 0 unspecified atom stereocenters. The van der Waals surface area contributed by atoms with Crippen molar-refractivity contribution in [1.29, 1.82) is 0 Å². The molecule has 4 nitrogen and oxygen atoms in total. The van der Waals surface area contributed by atoms with Gasteiger partial charge in [0.2, 0.25) is 0 Å². The van der Waals surface area contributed by atoms with Crippen molar-refractivity contribution in [2.24, 2.45) is 5.92 Å². The summed E-state index contributed by atoms with van der Waals surface area (Å²) in [5, 5.41) is 4.33. The number of ether oxygens (including phenoxy) is 2. The Kier molecular flexibility index (Phi) is 3.38. The third-order valence-corrected chi connectivity index (χ3v) is 3.41. The van der Waals surface area contributed by atoms with Gasteiger partial charge in [0.25, 0.3) is 0 Å². The van der Waals surface area contributed by atoms with E-state index in [1.807, 2.05) is 19.2 Å². The number of benzene rings is 1. The van der Waals surface area contributed by atoms with Gasteiger partial charge in [0, 0.05) is 29.9 Å². The van der Waals surface area contributed by atoms with Crippen LogP contribution in [0.25, 0.3) is 10.9 Å². The zero-order chi connectivity index (χ0) is 14.1. The third kappa shape index (κ3) is 2.38. The number of pyridine rings is 1. The van der Waals surface area contributed by atoms with Crippen LogP contribution in [0.4, 0.5) is 5.69 Å². The number of nitrogens with zero attached hydrogens (tertiary/aromatic N) is 1. The average molecular weight is 272 g/mol. The van der Waals surface area contributed by atoms with Crippen molar-refractivity contribution in [2.45, 2.75) is 20.3 Å². The molecular weight excluding hydrogens is 252 g/mol. The Balaban J connectivity index is 2.15. The lowest BCUT2D eigenvalue weighted by Gasteiger charge is -2.20. The minimum atomic E-state index is 0.585. The first-order chi connectivity index (χ1) is 9.67. The van der Waals surface area contributed by atoms with E-state index in [1.54, 1.807) is 0 Å². The third-order valence-electron chi connectivity index (χ3n) is 3.41. The first kappa shape index (κ1) is 13.0. The van der Waals surface area contributed by atoms with Crippen LogP contribution in [-0.2, 0) is 6.42 Å². The smallest absolute Gasteiger partial charge is 0.163 e. The molecule has 0 saturated heterocycles. The molecule has 1 aliphatic heterocycles. The quantitative estimate of drug-likeness (QED) is 0.931. The van der Waals surface area contributed by atoms with E-state index in [1.165, 1.54) is 0 Å². The van der Waals surface area contributed by atoms with Gasteiger partial charge in [0.05, 0.1) is 5.52 Å². The van der Waals surface area contributed by atoms with Crippen molar-refractivity contribution in [2.75, 3.05) is 25.6 Å². The van der Waals surface area contributed by atoms with Crippen molar-refractivity contribution in [3.63, 3.8) is 0 Å². The Hall–Kier alpha value is -1.97. The first-order valence-corrected chi connectivity index (χ1v) is 7.08. The van der Waals surface area contributed by atoms with Gasteiger partial charge in [0.1, 0.15) is 13.2 Å². The summed E-state index contributed by atoms with van der Waals surface area (Å²) in [4.78, 5) is 4.76.